The summed E-state index contributed by atoms with van der Waals surface area (Å²) in [4.78, 5) is 54.1. The topological polar surface area (TPSA) is 400 Å². The second-order valence-electron chi connectivity index (χ2n) is 32.5. The maximum absolute atomic E-state index is 9.80. The molecule has 0 aromatic carbocycles. The SMILES string of the molecule is CCC[C@@H](CO)Nc1cc(NCc2ccc[n+](OC)c2)n2ncc(Br)c2n1.CO[n+]1cccc(CNc2cc(N3CCCCC3CCO)nc3c(Br)cnn23)c1.CO[n+]1cccc(CNc2cc(N3CCCCC3CO)nc3c(Br)cnn23)c1.CO[n+]1cccc(CNc2cc(NC3CC3)nc3c(Br)cnn23)c1.CO[n+]1cccc(CNc2cc(N[C@H](CO)C(C)C)nc3c(Br)cnn23)c1. The number of anilines is 10. The molecule has 4 atom stereocenters. The third kappa shape index (κ3) is 26.2. The molecule has 0 amide bonds. The van der Waals surface area contributed by atoms with Crippen molar-refractivity contribution in [2.75, 3.05) is 127 Å². The first kappa shape index (κ1) is 99.1. The van der Waals surface area contributed by atoms with Gasteiger partial charge < -0.3 is 72.8 Å². The molecule has 1 saturated carbocycles. The molecule has 18 rings (SSSR count). The Bertz CT molecular complexity index is 6380. The number of hydrogen-bond donors (Lipinski definition) is 12. The van der Waals surface area contributed by atoms with Gasteiger partial charge in [-0.3, -0.25) is 24.2 Å². The molecule has 0 radical (unpaired) electrons. The molecule has 3 aliphatic rings. The fourth-order valence-electron chi connectivity index (χ4n) is 15.4. The molecule has 15 aromatic heterocycles. The van der Waals surface area contributed by atoms with Gasteiger partial charge in [0.25, 0.3) is 0 Å². The fourth-order valence-corrected chi connectivity index (χ4v) is 17.2. The average Bonchev–Trinajstić information content (AvgIpc) is 1.76. The summed E-state index contributed by atoms with van der Waals surface area (Å²) in [6, 6.07) is 30.6. The predicted molar refractivity (Wildman–Crippen MR) is 530 cm³/mol. The minimum Gasteiger partial charge on any atom is -0.396 e. The summed E-state index contributed by atoms with van der Waals surface area (Å²) < 4.78 is 21.4. The Morgan fingerprint density at radius 1 is 0.407 bits per heavy atom. The van der Waals surface area contributed by atoms with Crippen molar-refractivity contribution in [1.29, 1.82) is 0 Å². The molecule has 12 N–H and O–H groups in total. The zero-order valence-corrected chi connectivity index (χ0v) is 84.3. The fraction of sp³-hybridized carbons (Fsp3) is 0.396. The lowest BCUT2D eigenvalue weighted by molar-refractivity contribution is -0.885. The Hall–Kier alpha value is -11.9. The van der Waals surface area contributed by atoms with Gasteiger partial charge in [-0.2, -0.15) is 48.1 Å². The van der Waals surface area contributed by atoms with Gasteiger partial charge in [0.1, 0.15) is 93.7 Å². The van der Waals surface area contributed by atoms with Gasteiger partial charge >= 0.3 is 0 Å². The number of aliphatic hydroxyl groups is 4. The largest absolute Gasteiger partial charge is 0.396 e. The van der Waals surface area contributed by atoms with E-state index >= 15 is 0 Å². The molecule has 39 nitrogen and oxygen atoms in total. The number of nitrogens with one attached hydrogen (secondary N) is 8. The molecular formula is C91H116Br5N30O9+5. The second-order valence-corrected chi connectivity index (χ2v) is 36.8. The monoisotopic (exact) mass is 2170 g/mol. The molecule has 135 heavy (non-hydrogen) atoms. The summed E-state index contributed by atoms with van der Waals surface area (Å²) >= 11 is 17.6. The summed E-state index contributed by atoms with van der Waals surface area (Å²) in [5.41, 5.74) is 9.11. The summed E-state index contributed by atoms with van der Waals surface area (Å²) in [6.07, 6.45) is 39.2. The van der Waals surface area contributed by atoms with Crippen LogP contribution in [0.5, 0.6) is 0 Å². The van der Waals surface area contributed by atoms with Crippen LogP contribution < -0.4 is 100 Å². The van der Waals surface area contributed by atoms with Gasteiger partial charge in [0.15, 0.2) is 28.2 Å². The molecule has 2 aliphatic heterocycles. The second kappa shape index (κ2) is 48.5. The molecular weight excluding hydrogens is 2060 g/mol. The van der Waals surface area contributed by atoms with E-state index in [0.717, 1.165) is 178 Å². The number of nitrogens with zero attached hydrogens (tertiary/aromatic N) is 22. The van der Waals surface area contributed by atoms with E-state index in [-0.39, 0.29) is 50.5 Å². The van der Waals surface area contributed by atoms with Crippen molar-refractivity contribution in [3.8, 4) is 0 Å². The van der Waals surface area contributed by atoms with Gasteiger partial charge in [0, 0.05) is 177 Å². The van der Waals surface area contributed by atoms with E-state index in [4.69, 9.17) is 34.2 Å². The van der Waals surface area contributed by atoms with E-state index in [1.54, 1.807) is 108 Å². The summed E-state index contributed by atoms with van der Waals surface area (Å²) in [7, 11) is 8.15. The summed E-state index contributed by atoms with van der Waals surface area (Å²) in [6.45, 7) is 11.6. The number of fused-ring (bicyclic) bond motifs is 5. The van der Waals surface area contributed by atoms with Crippen molar-refractivity contribution in [2.45, 2.75) is 154 Å². The highest BCUT2D eigenvalue weighted by Gasteiger charge is 2.29. The van der Waals surface area contributed by atoms with Crippen molar-refractivity contribution >= 4 is 166 Å². The molecule has 2 unspecified atom stereocenters. The van der Waals surface area contributed by atoms with E-state index < -0.39 is 0 Å². The molecule has 3 fully saturated rings. The Morgan fingerprint density at radius 3 is 1.05 bits per heavy atom. The van der Waals surface area contributed by atoms with Crippen LogP contribution in [0.2, 0.25) is 0 Å². The summed E-state index contributed by atoms with van der Waals surface area (Å²) in [5, 5.41) is 87.7. The van der Waals surface area contributed by atoms with Crippen molar-refractivity contribution in [3.05, 3.63) is 234 Å². The van der Waals surface area contributed by atoms with Crippen molar-refractivity contribution < 1.29 is 68.3 Å². The Kier molecular flexibility index (Phi) is 35.6. The summed E-state index contributed by atoms with van der Waals surface area (Å²) in [5.74, 6) is 8.49. The van der Waals surface area contributed by atoms with Gasteiger partial charge in [-0.15, -0.1) is 0 Å². The number of pyridine rings is 5. The third-order valence-corrected chi connectivity index (χ3v) is 25.5. The van der Waals surface area contributed by atoms with Gasteiger partial charge in [0.2, 0.25) is 62.0 Å². The molecule has 15 aromatic rings. The quantitative estimate of drug-likeness (QED) is 0.0162. The lowest BCUT2D eigenvalue weighted by Gasteiger charge is -2.36. The Morgan fingerprint density at radius 2 is 0.733 bits per heavy atom. The third-order valence-electron chi connectivity index (χ3n) is 22.7. The first-order chi connectivity index (χ1) is 65.8. The van der Waals surface area contributed by atoms with Crippen LogP contribution in [0.4, 0.5) is 58.2 Å². The zero-order valence-electron chi connectivity index (χ0n) is 76.4. The van der Waals surface area contributed by atoms with E-state index in [1.807, 2.05) is 151 Å². The minimum atomic E-state index is -0.0794. The maximum atomic E-state index is 9.80. The normalized spacial score (nSPS) is 14.6. The molecule has 44 heteroatoms. The lowest BCUT2D eigenvalue weighted by Crippen LogP contribution is -2.42. The standard InChI is InChI=1S/C20H26BrN6O2.C19H24BrN6O2.2C18H24BrN6O2.C16H18BrN6O/c1-29-25-8-4-5-15(14-25)12-22-18-11-19(24-20-17(21)13-23-27(18)20)26-9-3-2-6-16(26)7-10-28;1-28-24-7-4-5-14(12-24)10-21-17-9-18(23-19-16(20)11-22-26(17)19)25-8-3-2-6-15(25)13-27;1-12(2)15(11-26)22-16-7-17(25-18(23-16)14(19)9-21-25)20-8-13-5-4-6-24(10-13)27-3;1-3-5-14(12-26)22-16-8-17(25-18(23-16)15(19)10-21-25)20-9-13-6-4-7-24(11-13)27-2;1-24-22-6-2-3-11(10-22)8-18-15-7-14(20-12-4-5-12)21-16-13(17)9-19-23(15)16/h4-5,8,11,13-14,16,22,28H,2-3,6-7,9-10,12H2,1H3;4-5,7,9,11-12,15,21,27H,2-3,6,8,10,13H2,1H3;4-7,9-10,12,15,20,26H,8,11H2,1-3H3,(H,22,23);4,6-8,10-11,14,20,26H,3,5,9,12H2,1-2H3,(H,22,23);2-3,6-7,9-10,12,18H,4-5,8H2,1H3,(H,20,21)/q5*+1/t;;15-;14-;/m..10./s1. The van der Waals surface area contributed by atoms with Gasteiger partial charge in [-0.25, -0.2) is 24.9 Å². The van der Waals surface area contributed by atoms with Crippen LogP contribution in [0.3, 0.4) is 0 Å². The van der Waals surface area contributed by atoms with Crippen LogP contribution in [0, 0.1) is 5.92 Å². The number of aromatic nitrogens is 20. The minimum absolute atomic E-state index is 0.0331. The van der Waals surface area contributed by atoms with Crippen LogP contribution in [0.1, 0.15) is 119 Å². The van der Waals surface area contributed by atoms with Gasteiger partial charge in [-0.1, -0.05) is 27.2 Å². The van der Waals surface area contributed by atoms with Crippen LogP contribution >= 0.6 is 79.6 Å². The van der Waals surface area contributed by atoms with E-state index in [1.165, 1.54) is 19.3 Å². The molecule has 2 saturated heterocycles. The molecule has 17 heterocycles. The number of piperidine rings is 2. The van der Waals surface area contributed by atoms with Gasteiger partial charge in [-0.05, 0) is 180 Å². The van der Waals surface area contributed by atoms with E-state index in [0.29, 0.717) is 67.7 Å². The van der Waals surface area contributed by atoms with Crippen LogP contribution in [-0.2, 0) is 32.7 Å². The van der Waals surface area contributed by atoms with Crippen LogP contribution in [-0.4, -0.2) is 199 Å². The van der Waals surface area contributed by atoms with Crippen molar-refractivity contribution in [1.82, 2.24) is 73.0 Å². The van der Waals surface area contributed by atoms with Crippen molar-refractivity contribution in [3.63, 3.8) is 0 Å². The number of rotatable bonds is 36. The van der Waals surface area contributed by atoms with E-state index in [2.05, 4.69) is 199 Å². The molecule has 0 spiro atoms. The smallest absolute Gasteiger partial charge is 0.227 e. The van der Waals surface area contributed by atoms with E-state index in [9.17, 15) is 20.4 Å². The highest BCUT2D eigenvalue weighted by Crippen LogP contribution is 2.35. The van der Waals surface area contributed by atoms with Gasteiger partial charge in [0.05, 0.1) is 91.3 Å². The number of halogens is 5. The maximum Gasteiger partial charge on any atom is 0.227 e. The average molecular weight is 2170 g/mol. The van der Waals surface area contributed by atoms with Crippen LogP contribution in [0.25, 0.3) is 28.2 Å². The number of hydrogen-bond acceptors (Lipinski definition) is 29. The predicted octanol–water partition coefficient (Wildman–Crippen LogP) is 9.92. The highest BCUT2D eigenvalue weighted by molar-refractivity contribution is 9.11. The van der Waals surface area contributed by atoms with Crippen molar-refractivity contribution in [2.24, 2.45) is 5.92 Å². The molecule has 0 bridgehead atoms. The molecule has 1 aliphatic carbocycles. The lowest BCUT2D eigenvalue weighted by atomic mass is 9.99. The first-order valence-corrected chi connectivity index (χ1v) is 48.6. The van der Waals surface area contributed by atoms with Crippen LogP contribution in [0.15, 0.2) is 206 Å². The Balaban J connectivity index is 0.000000135. The first-order valence-electron chi connectivity index (χ1n) is 44.7. The molecule has 714 valence electrons. The number of aliphatic hydroxyl groups excluding tert-OH is 4. The zero-order chi connectivity index (χ0) is 94.9. The Labute approximate surface area is 823 Å². The highest BCUT2D eigenvalue weighted by atomic mass is 79.9.